The zero-order valence-corrected chi connectivity index (χ0v) is 23.3. The Morgan fingerprint density at radius 2 is 1.77 bits per heavy atom. The lowest BCUT2D eigenvalue weighted by atomic mass is 9.91. The fourth-order valence-electron chi connectivity index (χ4n) is 5.69. The molecule has 1 aliphatic carbocycles. The number of likely N-dealkylation sites (N-methyl/N-ethyl adjacent to an activating group) is 1. The molecule has 10 heteroatoms. The first-order valence-electron chi connectivity index (χ1n) is 14.3. The van der Waals surface area contributed by atoms with Crippen molar-refractivity contribution in [1.29, 1.82) is 0 Å². The van der Waals surface area contributed by atoms with Gasteiger partial charge in [-0.15, -0.1) is 0 Å². The van der Waals surface area contributed by atoms with Crippen LogP contribution in [0.4, 0.5) is 21.0 Å². The second-order valence-corrected chi connectivity index (χ2v) is 11.3. The lowest BCUT2D eigenvalue weighted by molar-refractivity contribution is 0.204. The van der Waals surface area contributed by atoms with Crippen molar-refractivity contribution in [2.45, 2.75) is 69.6 Å². The Labute approximate surface area is 235 Å². The van der Waals surface area contributed by atoms with Gasteiger partial charge in [0.2, 0.25) is 5.95 Å². The normalized spacial score (nSPS) is 22.4. The van der Waals surface area contributed by atoms with Gasteiger partial charge < -0.3 is 31.3 Å². The van der Waals surface area contributed by atoms with Gasteiger partial charge in [0.1, 0.15) is 11.6 Å². The molecule has 0 bridgehead atoms. The van der Waals surface area contributed by atoms with E-state index in [1.54, 1.807) is 6.07 Å². The van der Waals surface area contributed by atoms with Crippen LogP contribution >= 0.6 is 0 Å². The lowest BCUT2D eigenvalue weighted by Gasteiger charge is -2.33. The molecule has 9 nitrogen and oxygen atoms in total. The predicted molar refractivity (Wildman–Crippen MR) is 157 cm³/mol. The fourth-order valence-corrected chi connectivity index (χ4v) is 5.69. The highest BCUT2D eigenvalue weighted by atomic mass is 19.1. The molecule has 1 aliphatic heterocycles. The van der Waals surface area contributed by atoms with Crippen LogP contribution in [0.1, 0.15) is 45.4 Å². The summed E-state index contributed by atoms with van der Waals surface area (Å²) >= 11 is 0. The topological polar surface area (TPSA) is 114 Å². The molecule has 2 aromatic carbocycles. The lowest BCUT2D eigenvalue weighted by Crippen LogP contribution is -2.52. The number of aliphatic hydroxyl groups excluding tert-OH is 1. The SMILES string of the molecule is C[C@H](CO)Nc1nc(NC2CCC(NC(=O)NC3CCCN(C)C3)CC2)c2cc(-c3cccc(F)c3)ccc2n1. The van der Waals surface area contributed by atoms with Crippen molar-refractivity contribution in [3.05, 3.63) is 48.3 Å². The van der Waals surface area contributed by atoms with E-state index in [1.807, 2.05) is 31.2 Å². The standard InChI is InChI=1S/C30H40FN7O2/c1-19(18-39)32-29-36-27-13-8-21(20-5-3-6-22(31)15-20)16-26(27)28(37-29)33-23-9-11-24(12-10-23)34-30(40)35-25-7-4-14-38(2)17-25/h3,5-6,8,13,15-16,19,23-25,39H,4,7,9-12,14,17-18H2,1-2H3,(H2,34,35,40)(H2,32,33,36,37)/t19-,23?,24?,25?/m1/s1. The van der Waals surface area contributed by atoms with Gasteiger partial charge in [0.25, 0.3) is 0 Å². The Kier molecular flexibility index (Phi) is 8.96. The molecule has 2 amide bonds. The summed E-state index contributed by atoms with van der Waals surface area (Å²) < 4.78 is 13.9. The summed E-state index contributed by atoms with van der Waals surface area (Å²) in [4.78, 5) is 24.3. The molecule has 214 valence electrons. The van der Waals surface area contributed by atoms with Crippen molar-refractivity contribution < 1.29 is 14.3 Å². The van der Waals surface area contributed by atoms with Crippen LogP contribution in [0.15, 0.2) is 42.5 Å². The van der Waals surface area contributed by atoms with Crippen molar-refractivity contribution in [1.82, 2.24) is 25.5 Å². The maximum absolute atomic E-state index is 13.9. The van der Waals surface area contributed by atoms with Crippen LogP contribution in [-0.2, 0) is 0 Å². The van der Waals surface area contributed by atoms with Crippen molar-refractivity contribution in [2.24, 2.45) is 0 Å². The number of fused-ring (bicyclic) bond motifs is 1. The Morgan fingerprint density at radius 3 is 2.52 bits per heavy atom. The van der Waals surface area contributed by atoms with Crippen molar-refractivity contribution in [2.75, 3.05) is 37.4 Å². The predicted octanol–water partition coefficient (Wildman–Crippen LogP) is 4.35. The minimum absolute atomic E-state index is 0.0370. The minimum Gasteiger partial charge on any atom is -0.394 e. The number of nitrogens with zero attached hydrogens (tertiary/aromatic N) is 3. The number of aliphatic hydroxyl groups is 1. The number of anilines is 2. The number of aromatic nitrogens is 2. The van der Waals surface area contributed by atoms with Crippen LogP contribution in [0.25, 0.3) is 22.0 Å². The van der Waals surface area contributed by atoms with E-state index in [4.69, 9.17) is 4.98 Å². The van der Waals surface area contributed by atoms with Crippen molar-refractivity contribution in [3.8, 4) is 11.1 Å². The van der Waals surface area contributed by atoms with Crippen LogP contribution in [0, 0.1) is 5.82 Å². The highest BCUT2D eigenvalue weighted by molar-refractivity contribution is 5.93. The van der Waals surface area contributed by atoms with E-state index in [0.29, 0.717) is 11.8 Å². The highest BCUT2D eigenvalue weighted by Gasteiger charge is 2.25. The Balaban J connectivity index is 1.27. The molecular weight excluding hydrogens is 509 g/mol. The number of benzene rings is 2. The summed E-state index contributed by atoms with van der Waals surface area (Å²) in [6.07, 6.45) is 5.66. The molecule has 40 heavy (non-hydrogen) atoms. The summed E-state index contributed by atoms with van der Waals surface area (Å²) in [5, 5.41) is 23.5. The zero-order valence-electron chi connectivity index (χ0n) is 23.3. The first-order valence-corrected chi connectivity index (χ1v) is 14.3. The molecular formula is C30H40FN7O2. The molecule has 2 aliphatic rings. The van der Waals surface area contributed by atoms with Crippen molar-refractivity contribution in [3.63, 3.8) is 0 Å². The largest absolute Gasteiger partial charge is 0.394 e. The van der Waals surface area contributed by atoms with Gasteiger partial charge in [0, 0.05) is 36.1 Å². The van der Waals surface area contributed by atoms with E-state index in [0.717, 1.165) is 73.6 Å². The van der Waals surface area contributed by atoms with Gasteiger partial charge in [-0.05, 0) is 94.4 Å². The monoisotopic (exact) mass is 549 g/mol. The number of hydrogen-bond acceptors (Lipinski definition) is 7. The number of piperidine rings is 1. The first kappa shape index (κ1) is 28.0. The maximum Gasteiger partial charge on any atom is 0.315 e. The molecule has 3 aromatic rings. The number of amides is 2. The number of carbonyl (C=O) groups is 1. The van der Waals surface area contributed by atoms with E-state index in [2.05, 4.69) is 38.2 Å². The van der Waals surface area contributed by atoms with Crippen LogP contribution in [0.2, 0.25) is 0 Å². The summed E-state index contributed by atoms with van der Waals surface area (Å²) in [7, 11) is 2.09. The number of likely N-dealkylation sites (tertiary alicyclic amines) is 1. The summed E-state index contributed by atoms with van der Waals surface area (Å²) in [6.45, 7) is 3.81. The van der Waals surface area contributed by atoms with E-state index in [-0.39, 0.29) is 42.6 Å². The summed E-state index contributed by atoms with van der Waals surface area (Å²) in [6, 6.07) is 12.6. The van der Waals surface area contributed by atoms with Crippen LogP contribution in [0.5, 0.6) is 0 Å². The van der Waals surface area contributed by atoms with Crippen molar-refractivity contribution >= 4 is 28.7 Å². The summed E-state index contributed by atoms with van der Waals surface area (Å²) in [5.74, 6) is 0.858. The molecule has 1 aromatic heterocycles. The van der Waals surface area contributed by atoms with Gasteiger partial charge in [-0.1, -0.05) is 18.2 Å². The average Bonchev–Trinajstić information content (AvgIpc) is 2.94. The Hall–Kier alpha value is -3.50. The van der Waals surface area contributed by atoms with Crippen LogP contribution < -0.4 is 21.3 Å². The Morgan fingerprint density at radius 1 is 1.02 bits per heavy atom. The van der Waals surface area contributed by atoms with Crippen LogP contribution in [-0.4, -0.2) is 76.9 Å². The fraction of sp³-hybridized carbons (Fsp3) is 0.500. The number of halogens is 1. The smallest absolute Gasteiger partial charge is 0.315 e. The highest BCUT2D eigenvalue weighted by Crippen LogP contribution is 2.31. The second kappa shape index (κ2) is 12.8. The number of nitrogens with one attached hydrogen (secondary N) is 4. The number of hydrogen-bond donors (Lipinski definition) is 5. The molecule has 2 atom stereocenters. The minimum atomic E-state index is -0.283. The third-order valence-corrected chi connectivity index (χ3v) is 7.87. The molecule has 1 saturated carbocycles. The summed E-state index contributed by atoms with van der Waals surface area (Å²) in [5.41, 5.74) is 2.42. The van der Waals surface area contributed by atoms with E-state index in [1.165, 1.54) is 12.1 Å². The molecule has 5 N–H and O–H groups in total. The quantitative estimate of drug-likeness (QED) is 0.284. The van der Waals surface area contributed by atoms with Gasteiger partial charge in [0.15, 0.2) is 0 Å². The number of rotatable bonds is 8. The third-order valence-electron chi connectivity index (χ3n) is 7.87. The molecule has 0 spiro atoms. The van der Waals surface area contributed by atoms with Gasteiger partial charge in [-0.2, -0.15) is 4.98 Å². The first-order chi connectivity index (χ1) is 19.4. The molecule has 5 rings (SSSR count). The van der Waals surface area contributed by atoms with E-state index < -0.39 is 0 Å². The van der Waals surface area contributed by atoms with Gasteiger partial charge in [0.05, 0.1) is 12.1 Å². The Bertz CT molecular complexity index is 1310. The van der Waals surface area contributed by atoms with Gasteiger partial charge in [-0.3, -0.25) is 0 Å². The number of urea groups is 1. The van der Waals surface area contributed by atoms with E-state index >= 15 is 0 Å². The zero-order chi connectivity index (χ0) is 28.1. The van der Waals surface area contributed by atoms with Gasteiger partial charge >= 0.3 is 6.03 Å². The maximum atomic E-state index is 13.9. The molecule has 2 fully saturated rings. The van der Waals surface area contributed by atoms with Crippen LogP contribution in [0.3, 0.4) is 0 Å². The molecule has 0 radical (unpaired) electrons. The molecule has 1 unspecified atom stereocenters. The molecule has 1 saturated heterocycles. The average molecular weight is 550 g/mol. The third kappa shape index (κ3) is 7.17. The number of carbonyl (C=O) groups excluding carboxylic acids is 1. The second-order valence-electron chi connectivity index (χ2n) is 11.3. The molecule has 2 heterocycles. The van der Waals surface area contributed by atoms with E-state index in [9.17, 15) is 14.3 Å². The van der Waals surface area contributed by atoms with Gasteiger partial charge in [-0.25, -0.2) is 14.2 Å².